The molecular weight excluding hydrogens is 365 g/mol. The number of hydrogen-bond donors (Lipinski definition) is 0. The van der Waals surface area contributed by atoms with Crippen LogP contribution in [0.15, 0.2) is 42.5 Å². The zero-order valence-corrected chi connectivity index (χ0v) is 13.6. The van der Waals surface area contributed by atoms with Crippen LogP contribution in [-0.4, -0.2) is 0 Å². The summed E-state index contributed by atoms with van der Waals surface area (Å²) in [5.41, 5.74) is 2.36. The second-order valence-corrected chi connectivity index (χ2v) is 6.41. The molecule has 5 heteroatoms. The fourth-order valence-corrected chi connectivity index (χ4v) is 3.25. The maximum Gasteiger partial charge on any atom is 0.416 e. The number of hydrogen-bond acceptors (Lipinski definition) is 0. The molecule has 112 valence electrons. The molecule has 1 atom stereocenters. The minimum absolute atomic E-state index is 0.0338. The number of rotatable bonds is 3. The third-order valence-corrected chi connectivity index (χ3v) is 4.32. The van der Waals surface area contributed by atoms with Crippen molar-refractivity contribution in [2.24, 2.45) is 0 Å². The first-order valence-electron chi connectivity index (χ1n) is 6.33. The van der Waals surface area contributed by atoms with Gasteiger partial charge in [-0.3, -0.25) is 0 Å². The fourth-order valence-electron chi connectivity index (χ4n) is 2.14. The Morgan fingerprint density at radius 2 is 1.71 bits per heavy atom. The SMILES string of the molecule is Cc1cc(Cl)ccc1C(Br)Cc1ccc(C(F)(F)F)cc1. The van der Waals surface area contributed by atoms with Gasteiger partial charge < -0.3 is 0 Å². The van der Waals surface area contributed by atoms with Crippen molar-refractivity contribution in [3.8, 4) is 0 Å². The molecule has 0 spiro atoms. The molecule has 2 aromatic carbocycles. The van der Waals surface area contributed by atoms with Crippen molar-refractivity contribution in [1.82, 2.24) is 0 Å². The van der Waals surface area contributed by atoms with Gasteiger partial charge in [0.05, 0.1) is 5.56 Å². The quantitative estimate of drug-likeness (QED) is 0.547. The van der Waals surface area contributed by atoms with Crippen LogP contribution in [0.3, 0.4) is 0 Å². The monoisotopic (exact) mass is 376 g/mol. The van der Waals surface area contributed by atoms with Gasteiger partial charge in [0.25, 0.3) is 0 Å². The molecule has 21 heavy (non-hydrogen) atoms. The van der Waals surface area contributed by atoms with E-state index in [0.29, 0.717) is 11.4 Å². The van der Waals surface area contributed by atoms with Gasteiger partial charge in [-0.25, -0.2) is 0 Å². The molecule has 0 nitrogen and oxygen atoms in total. The number of aryl methyl sites for hydroxylation is 1. The fraction of sp³-hybridized carbons (Fsp3) is 0.250. The number of benzene rings is 2. The standard InChI is InChI=1S/C16H13BrClF3/c1-10-8-13(18)6-7-14(10)15(17)9-11-2-4-12(5-3-11)16(19,20)21/h2-8,15H,9H2,1H3. The molecule has 0 aliphatic heterocycles. The lowest BCUT2D eigenvalue weighted by molar-refractivity contribution is -0.137. The largest absolute Gasteiger partial charge is 0.416 e. The highest BCUT2D eigenvalue weighted by molar-refractivity contribution is 9.09. The summed E-state index contributed by atoms with van der Waals surface area (Å²) in [4.78, 5) is 0.0338. The van der Waals surface area contributed by atoms with Gasteiger partial charge >= 0.3 is 6.18 Å². The van der Waals surface area contributed by atoms with Crippen LogP contribution in [0.25, 0.3) is 0 Å². The van der Waals surface area contributed by atoms with Crippen molar-refractivity contribution in [1.29, 1.82) is 0 Å². The van der Waals surface area contributed by atoms with Crippen LogP contribution in [0.1, 0.15) is 27.1 Å². The summed E-state index contributed by atoms with van der Waals surface area (Å²) < 4.78 is 37.5. The van der Waals surface area contributed by atoms with Crippen LogP contribution in [-0.2, 0) is 12.6 Å². The van der Waals surface area contributed by atoms with Gasteiger partial charge in [0, 0.05) is 9.85 Å². The average Bonchev–Trinajstić information content (AvgIpc) is 2.38. The molecule has 0 saturated carbocycles. The van der Waals surface area contributed by atoms with Crippen LogP contribution in [0, 0.1) is 6.92 Å². The Kier molecular flexibility index (Phi) is 4.99. The summed E-state index contributed by atoms with van der Waals surface area (Å²) in [5.74, 6) is 0. The number of halogens is 5. The van der Waals surface area contributed by atoms with Gasteiger partial charge in [-0.1, -0.05) is 45.7 Å². The Morgan fingerprint density at radius 1 is 1.10 bits per heavy atom. The molecule has 0 aliphatic carbocycles. The van der Waals surface area contributed by atoms with Gasteiger partial charge in [-0.05, 0) is 54.3 Å². The molecule has 0 amide bonds. The van der Waals surface area contributed by atoms with Crippen molar-refractivity contribution in [2.45, 2.75) is 24.3 Å². The summed E-state index contributed by atoms with van der Waals surface area (Å²) in [7, 11) is 0. The molecule has 2 aromatic rings. The topological polar surface area (TPSA) is 0 Å². The summed E-state index contributed by atoms with van der Waals surface area (Å²) in [6.45, 7) is 1.96. The third kappa shape index (κ3) is 4.24. The van der Waals surface area contributed by atoms with Crippen molar-refractivity contribution in [2.75, 3.05) is 0 Å². The van der Waals surface area contributed by atoms with E-state index in [2.05, 4.69) is 15.9 Å². The van der Waals surface area contributed by atoms with Crippen molar-refractivity contribution >= 4 is 27.5 Å². The van der Waals surface area contributed by atoms with Crippen LogP contribution < -0.4 is 0 Å². The summed E-state index contributed by atoms with van der Waals surface area (Å²) in [5, 5.41) is 0.672. The van der Waals surface area contributed by atoms with Gasteiger partial charge in [0.2, 0.25) is 0 Å². The van der Waals surface area contributed by atoms with Crippen LogP contribution in [0.4, 0.5) is 13.2 Å². The maximum absolute atomic E-state index is 12.5. The molecule has 0 heterocycles. The van der Waals surface area contributed by atoms with Gasteiger partial charge in [0.15, 0.2) is 0 Å². The van der Waals surface area contributed by atoms with E-state index >= 15 is 0 Å². The first-order valence-corrected chi connectivity index (χ1v) is 7.63. The van der Waals surface area contributed by atoms with E-state index in [0.717, 1.165) is 28.8 Å². The predicted molar refractivity (Wildman–Crippen MR) is 83.0 cm³/mol. The molecule has 0 aromatic heterocycles. The molecule has 0 fully saturated rings. The van der Waals surface area contributed by atoms with Gasteiger partial charge in [-0.15, -0.1) is 0 Å². The predicted octanol–water partition coefficient (Wildman–Crippen LogP) is 6.35. The van der Waals surface area contributed by atoms with E-state index in [1.165, 1.54) is 12.1 Å². The van der Waals surface area contributed by atoms with Crippen LogP contribution in [0.2, 0.25) is 5.02 Å². The molecule has 1 unspecified atom stereocenters. The zero-order valence-electron chi connectivity index (χ0n) is 11.2. The molecular formula is C16H13BrClF3. The van der Waals surface area contributed by atoms with E-state index in [1.54, 1.807) is 0 Å². The summed E-state index contributed by atoms with van der Waals surface area (Å²) in [6.07, 6.45) is -3.68. The van der Waals surface area contributed by atoms with Crippen LogP contribution in [0.5, 0.6) is 0 Å². The maximum atomic E-state index is 12.5. The zero-order chi connectivity index (χ0) is 15.6. The Bertz CT molecular complexity index is 620. The first-order chi connectivity index (χ1) is 9.77. The second-order valence-electron chi connectivity index (χ2n) is 4.87. The van der Waals surface area contributed by atoms with E-state index in [-0.39, 0.29) is 4.83 Å². The summed E-state index contributed by atoms with van der Waals surface area (Å²) >= 11 is 9.51. The minimum Gasteiger partial charge on any atom is -0.166 e. The van der Waals surface area contributed by atoms with Crippen molar-refractivity contribution < 1.29 is 13.2 Å². The van der Waals surface area contributed by atoms with E-state index < -0.39 is 11.7 Å². The second kappa shape index (κ2) is 6.41. The molecule has 0 saturated heterocycles. The third-order valence-electron chi connectivity index (χ3n) is 3.27. The smallest absolute Gasteiger partial charge is 0.166 e. The lowest BCUT2D eigenvalue weighted by Gasteiger charge is -2.14. The van der Waals surface area contributed by atoms with Gasteiger partial charge in [0.1, 0.15) is 0 Å². The molecule has 2 rings (SSSR count). The minimum atomic E-state index is -4.29. The normalized spacial score (nSPS) is 13.2. The molecule has 0 bridgehead atoms. The molecule has 0 N–H and O–H groups in total. The van der Waals surface area contributed by atoms with Crippen molar-refractivity contribution in [3.63, 3.8) is 0 Å². The van der Waals surface area contributed by atoms with Crippen molar-refractivity contribution in [3.05, 3.63) is 69.7 Å². The van der Waals surface area contributed by atoms with E-state index in [4.69, 9.17) is 11.6 Å². The molecule has 0 aliphatic rings. The highest BCUT2D eigenvalue weighted by Gasteiger charge is 2.30. The first kappa shape index (κ1) is 16.4. The van der Waals surface area contributed by atoms with E-state index in [1.807, 2.05) is 25.1 Å². The van der Waals surface area contributed by atoms with E-state index in [9.17, 15) is 13.2 Å². The van der Waals surface area contributed by atoms with Gasteiger partial charge in [-0.2, -0.15) is 13.2 Å². The van der Waals surface area contributed by atoms with Crippen LogP contribution >= 0.6 is 27.5 Å². The highest BCUT2D eigenvalue weighted by Crippen LogP contribution is 2.33. The Hall–Kier alpha value is -1.00. The Balaban J connectivity index is 2.14. The highest BCUT2D eigenvalue weighted by atomic mass is 79.9. The lowest BCUT2D eigenvalue weighted by Crippen LogP contribution is -2.05. The molecule has 0 radical (unpaired) electrons. The Labute approximate surface area is 135 Å². The number of alkyl halides is 4. The average molecular weight is 378 g/mol. The lowest BCUT2D eigenvalue weighted by atomic mass is 10.00. The Morgan fingerprint density at radius 3 is 2.24 bits per heavy atom. The summed E-state index contributed by atoms with van der Waals surface area (Å²) in [6, 6.07) is 10.9.